The van der Waals surface area contributed by atoms with Crippen LogP contribution in [0.1, 0.15) is 37.7 Å². The zero-order chi connectivity index (χ0) is 13.9. The van der Waals surface area contributed by atoms with Crippen LogP contribution in [0, 0.1) is 0 Å². The van der Waals surface area contributed by atoms with Gasteiger partial charge < -0.3 is 4.74 Å². The summed E-state index contributed by atoms with van der Waals surface area (Å²) in [5.41, 5.74) is 1.32. The lowest BCUT2D eigenvalue weighted by molar-refractivity contribution is -0.127. The number of fused-ring (bicyclic) bond motifs is 2. The lowest BCUT2D eigenvalue weighted by atomic mass is 9.83. The Morgan fingerprint density at radius 2 is 2.00 bits per heavy atom. The SMILES string of the molecule is COc1cccc(CCN2C3CCCC2CC(=O)C3)c1. The van der Waals surface area contributed by atoms with Gasteiger partial charge in [-0.2, -0.15) is 0 Å². The van der Waals surface area contributed by atoms with E-state index in [1.165, 1.54) is 24.8 Å². The molecule has 2 atom stereocenters. The van der Waals surface area contributed by atoms with Crippen molar-refractivity contribution in [3.63, 3.8) is 0 Å². The second-order valence-electron chi connectivity index (χ2n) is 6.02. The van der Waals surface area contributed by atoms with Crippen LogP contribution >= 0.6 is 0 Å². The van der Waals surface area contributed by atoms with Crippen molar-refractivity contribution in [1.29, 1.82) is 0 Å². The van der Waals surface area contributed by atoms with Crippen molar-refractivity contribution in [3.8, 4) is 5.75 Å². The topological polar surface area (TPSA) is 29.5 Å². The van der Waals surface area contributed by atoms with Gasteiger partial charge in [0.25, 0.3) is 0 Å². The smallest absolute Gasteiger partial charge is 0.136 e. The quantitative estimate of drug-likeness (QED) is 0.845. The molecule has 0 aromatic heterocycles. The maximum Gasteiger partial charge on any atom is 0.136 e. The Morgan fingerprint density at radius 1 is 1.25 bits per heavy atom. The van der Waals surface area contributed by atoms with Gasteiger partial charge in [-0.15, -0.1) is 0 Å². The fraction of sp³-hybridized carbons (Fsp3) is 0.588. The second-order valence-corrected chi connectivity index (χ2v) is 6.02. The number of Topliss-reactive ketones (excluding diaryl/α,β-unsaturated/α-hetero) is 1. The summed E-state index contributed by atoms with van der Waals surface area (Å²) < 4.78 is 5.28. The molecule has 1 aromatic rings. The monoisotopic (exact) mass is 273 g/mol. The van der Waals surface area contributed by atoms with Gasteiger partial charge in [0.1, 0.15) is 11.5 Å². The molecule has 2 saturated heterocycles. The Labute approximate surface area is 120 Å². The minimum absolute atomic E-state index is 0.470. The van der Waals surface area contributed by atoms with Gasteiger partial charge in [-0.1, -0.05) is 18.6 Å². The number of methoxy groups -OCH3 is 1. The van der Waals surface area contributed by atoms with Gasteiger partial charge in [0.2, 0.25) is 0 Å². The summed E-state index contributed by atoms with van der Waals surface area (Å²) in [6.45, 7) is 1.07. The molecule has 2 unspecified atom stereocenters. The van der Waals surface area contributed by atoms with Crippen molar-refractivity contribution in [2.75, 3.05) is 13.7 Å². The molecule has 0 saturated carbocycles. The maximum atomic E-state index is 11.7. The predicted octanol–water partition coefficient (Wildman–Crippen LogP) is 2.82. The van der Waals surface area contributed by atoms with Crippen LogP contribution in [-0.2, 0) is 11.2 Å². The average Bonchev–Trinajstić information content (AvgIpc) is 2.45. The molecular formula is C17H23NO2. The van der Waals surface area contributed by atoms with Gasteiger partial charge in [-0.05, 0) is 37.0 Å². The van der Waals surface area contributed by atoms with Crippen LogP contribution in [0.4, 0.5) is 0 Å². The number of carbonyl (C=O) groups is 1. The van der Waals surface area contributed by atoms with E-state index in [0.29, 0.717) is 17.9 Å². The van der Waals surface area contributed by atoms with Crippen LogP contribution in [0.5, 0.6) is 5.75 Å². The molecule has 3 heteroatoms. The van der Waals surface area contributed by atoms with Gasteiger partial charge >= 0.3 is 0 Å². The molecule has 20 heavy (non-hydrogen) atoms. The van der Waals surface area contributed by atoms with E-state index in [0.717, 1.165) is 31.6 Å². The third kappa shape index (κ3) is 2.88. The van der Waals surface area contributed by atoms with Crippen LogP contribution in [-0.4, -0.2) is 36.4 Å². The number of carbonyl (C=O) groups excluding carboxylic acids is 1. The summed E-state index contributed by atoms with van der Waals surface area (Å²) in [6, 6.07) is 9.31. The molecule has 3 rings (SSSR count). The van der Waals surface area contributed by atoms with Gasteiger partial charge in [0.15, 0.2) is 0 Å². The number of rotatable bonds is 4. The molecule has 2 aliphatic rings. The van der Waals surface area contributed by atoms with E-state index in [2.05, 4.69) is 23.1 Å². The number of nitrogens with zero attached hydrogens (tertiary/aromatic N) is 1. The molecule has 0 spiro atoms. The summed E-state index contributed by atoms with van der Waals surface area (Å²) in [6.07, 6.45) is 6.26. The zero-order valence-corrected chi connectivity index (χ0v) is 12.2. The molecular weight excluding hydrogens is 250 g/mol. The first-order valence-corrected chi connectivity index (χ1v) is 7.66. The minimum Gasteiger partial charge on any atom is -0.497 e. The van der Waals surface area contributed by atoms with E-state index in [-0.39, 0.29) is 0 Å². The highest BCUT2D eigenvalue weighted by atomic mass is 16.5. The summed E-state index contributed by atoms with van der Waals surface area (Å²) in [4.78, 5) is 14.3. The summed E-state index contributed by atoms with van der Waals surface area (Å²) in [5, 5.41) is 0. The van der Waals surface area contributed by atoms with E-state index in [4.69, 9.17) is 4.74 Å². The Kier molecular flexibility index (Phi) is 4.06. The molecule has 108 valence electrons. The Balaban J connectivity index is 1.64. The first-order chi connectivity index (χ1) is 9.76. The molecule has 2 fully saturated rings. The van der Waals surface area contributed by atoms with E-state index in [1.54, 1.807) is 7.11 Å². The Hall–Kier alpha value is -1.35. The van der Waals surface area contributed by atoms with E-state index < -0.39 is 0 Å². The highest BCUT2D eigenvalue weighted by molar-refractivity contribution is 5.80. The fourth-order valence-corrected chi connectivity index (χ4v) is 3.72. The van der Waals surface area contributed by atoms with Crippen molar-refractivity contribution in [2.24, 2.45) is 0 Å². The Bertz CT molecular complexity index is 470. The molecule has 0 amide bonds. The van der Waals surface area contributed by atoms with Crippen molar-refractivity contribution in [3.05, 3.63) is 29.8 Å². The molecule has 3 nitrogen and oxygen atoms in total. The minimum atomic E-state index is 0.470. The van der Waals surface area contributed by atoms with Crippen molar-refractivity contribution < 1.29 is 9.53 Å². The summed E-state index contributed by atoms with van der Waals surface area (Å²) >= 11 is 0. The van der Waals surface area contributed by atoms with Crippen molar-refractivity contribution in [1.82, 2.24) is 4.90 Å². The van der Waals surface area contributed by atoms with E-state index >= 15 is 0 Å². The van der Waals surface area contributed by atoms with Crippen LogP contribution in [0.2, 0.25) is 0 Å². The van der Waals surface area contributed by atoms with Crippen LogP contribution in [0.3, 0.4) is 0 Å². The third-order valence-corrected chi connectivity index (χ3v) is 4.73. The van der Waals surface area contributed by atoms with E-state index in [1.807, 2.05) is 6.07 Å². The standard InChI is InChI=1S/C17H23NO2/c1-20-17-7-2-4-13(10-17)8-9-18-14-5-3-6-15(18)12-16(19)11-14/h2,4,7,10,14-15H,3,5-6,8-9,11-12H2,1H3. The molecule has 1 aromatic carbocycles. The second kappa shape index (κ2) is 5.96. The Morgan fingerprint density at radius 3 is 2.70 bits per heavy atom. The number of ether oxygens (including phenoxy) is 1. The molecule has 0 N–H and O–H groups in total. The number of ketones is 1. The lowest BCUT2D eigenvalue weighted by Crippen LogP contribution is -2.52. The number of hydrogen-bond donors (Lipinski definition) is 0. The average molecular weight is 273 g/mol. The summed E-state index contributed by atoms with van der Waals surface area (Å²) in [7, 11) is 1.71. The highest BCUT2D eigenvalue weighted by Crippen LogP contribution is 2.32. The lowest BCUT2D eigenvalue weighted by Gasteiger charge is -2.45. The first kappa shape index (κ1) is 13.6. The first-order valence-electron chi connectivity index (χ1n) is 7.66. The molecule has 2 heterocycles. The van der Waals surface area contributed by atoms with Crippen LogP contribution < -0.4 is 4.74 Å². The van der Waals surface area contributed by atoms with Gasteiger partial charge in [-0.25, -0.2) is 0 Å². The van der Waals surface area contributed by atoms with Crippen LogP contribution in [0.15, 0.2) is 24.3 Å². The molecule has 0 aliphatic carbocycles. The van der Waals surface area contributed by atoms with E-state index in [9.17, 15) is 4.79 Å². The molecule has 0 radical (unpaired) electrons. The number of hydrogen-bond acceptors (Lipinski definition) is 3. The largest absolute Gasteiger partial charge is 0.497 e. The fourth-order valence-electron chi connectivity index (χ4n) is 3.72. The van der Waals surface area contributed by atoms with Gasteiger partial charge in [0.05, 0.1) is 7.11 Å². The third-order valence-electron chi connectivity index (χ3n) is 4.73. The van der Waals surface area contributed by atoms with Crippen molar-refractivity contribution in [2.45, 2.75) is 50.6 Å². The molecule has 2 aliphatic heterocycles. The maximum absolute atomic E-state index is 11.7. The van der Waals surface area contributed by atoms with Crippen LogP contribution in [0.25, 0.3) is 0 Å². The van der Waals surface area contributed by atoms with Gasteiger partial charge in [-0.3, -0.25) is 9.69 Å². The summed E-state index contributed by atoms with van der Waals surface area (Å²) in [5.74, 6) is 1.40. The normalized spacial score (nSPS) is 26.6. The number of benzene rings is 1. The van der Waals surface area contributed by atoms with Crippen molar-refractivity contribution >= 4 is 5.78 Å². The zero-order valence-electron chi connectivity index (χ0n) is 12.2. The highest BCUT2D eigenvalue weighted by Gasteiger charge is 2.36. The molecule has 2 bridgehead atoms. The number of piperidine rings is 2. The van der Waals surface area contributed by atoms with Gasteiger partial charge in [0, 0.05) is 31.5 Å². The predicted molar refractivity (Wildman–Crippen MR) is 79.1 cm³/mol.